The van der Waals surface area contributed by atoms with Crippen LogP contribution in [0.4, 0.5) is 10.1 Å². The molecule has 20 heavy (non-hydrogen) atoms. The first-order valence-corrected chi connectivity index (χ1v) is 8.05. The zero-order valence-electron chi connectivity index (χ0n) is 12.1. The quantitative estimate of drug-likeness (QED) is 0.670. The van der Waals surface area contributed by atoms with Crippen LogP contribution >= 0.6 is 11.8 Å². The third-order valence-corrected chi connectivity index (χ3v) is 4.38. The lowest BCUT2D eigenvalue weighted by molar-refractivity contribution is -0.0191. The average molecular weight is 298 g/mol. The van der Waals surface area contributed by atoms with E-state index in [1.54, 1.807) is 17.8 Å². The van der Waals surface area contributed by atoms with E-state index >= 15 is 0 Å². The predicted molar refractivity (Wildman–Crippen MR) is 82.6 cm³/mol. The number of thioether (sulfide) groups is 1. The molecule has 1 atom stereocenters. The van der Waals surface area contributed by atoms with Crippen molar-refractivity contribution in [1.82, 2.24) is 4.90 Å². The maximum absolute atomic E-state index is 13.4. The molecule has 1 heterocycles. The number of nitrogen functional groups attached to an aromatic ring is 1. The number of nitrogens with zero attached hydrogens (tertiary/aromatic N) is 1. The molecule has 112 valence electrons. The van der Waals surface area contributed by atoms with Crippen molar-refractivity contribution in [2.75, 3.05) is 37.7 Å². The van der Waals surface area contributed by atoms with E-state index in [1.807, 2.05) is 6.07 Å². The highest BCUT2D eigenvalue weighted by Gasteiger charge is 2.21. The molecule has 1 unspecified atom stereocenters. The van der Waals surface area contributed by atoms with Crippen molar-refractivity contribution < 1.29 is 9.13 Å². The van der Waals surface area contributed by atoms with Gasteiger partial charge >= 0.3 is 0 Å². The largest absolute Gasteiger partial charge is 0.396 e. The number of anilines is 1. The molecule has 0 aliphatic carbocycles. The van der Waals surface area contributed by atoms with Crippen LogP contribution in [0.5, 0.6) is 0 Å². The number of rotatable bonds is 5. The molecular weight excluding hydrogens is 275 g/mol. The Morgan fingerprint density at radius 3 is 3.00 bits per heavy atom. The van der Waals surface area contributed by atoms with Crippen molar-refractivity contribution in [2.24, 2.45) is 5.92 Å². The fourth-order valence-corrected chi connectivity index (χ4v) is 3.28. The van der Waals surface area contributed by atoms with Gasteiger partial charge in [-0.25, -0.2) is 4.39 Å². The van der Waals surface area contributed by atoms with Gasteiger partial charge in [-0.2, -0.15) is 0 Å². The molecule has 1 fully saturated rings. The third-order valence-electron chi connectivity index (χ3n) is 3.25. The Balaban J connectivity index is 1.82. The number of benzene rings is 1. The lowest BCUT2D eigenvalue weighted by Gasteiger charge is -2.33. The SMILES string of the molecule is CC(C)CN1CCOC(CSc2ccc(N)c(F)c2)C1. The van der Waals surface area contributed by atoms with Crippen LogP contribution in [0, 0.1) is 11.7 Å². The summed E-state index contributed by atoms with van der Waals surface area (Å²) in [5.74, 6) is 1.17. The second-order valence-corrected chi connectivity index (χ2v) is 6.73. The van der Waals surface area contributed by atoms with Crippen molar-refractivity contribution in [2.45, 2.75) is 24.8 Å². The first-order chi connectivity index (χ1) is 9.54. The van der Waals surface area contributed by atoms with Crippen LogP contribution in [-0.2, 0) is 4.74 Å². The summed E-state index contributed by atoms with van der Waals surface area (Å²) >= 11 is 1.62. The van der Waals surface area contributed by atoms with Crippen LogP contribution in [0.15, 0.2) is 23.1 Å². The van der Waals surface area contributed by atoms with Gasteiger partial charge in [0, 0.05) is 30.3 Å². The van der Waals surface area contributed by atoms with E-state index in [-0.39, 0.29) is 17.6 Å². The smallest absolute Gasteiger partial charge is 0.147 e. The van der Waals surface area contributed by atoms with E-state index < -0.39 is 0 Å². The summed E-state index contributed by atoms with van der Waals surface area (Å²) in [4.78, 5) is 3.35. The van der Waals surface area contributed by atoms with E-state index in [1.165, 1.54) is 6.07 Å². The van der Waals surface area contributed by atoms with Crippen LogP contribution in [0.2, 0.25) is 0 Å². The number of hydrogen-bond acceptors (Lipinski definition) is 4. The van der Waals surface area contributed by atoms with E-state index in [0.717, 1.165) is 36.9 Å². The normalized spacial score (nSPS) is 20.5. The second-order valence-electron chi connectivity index (χ2n) is 5.64. The molecule has 2 N–H and O–H groups in total. The van der Waals surface area contributed by atoms with Gasteiger partial charge in [0.2, 0.25) is 0 Å². The highest BCUT2D eigenvalue weighted by molar-refractivity contribution is 7.99. The molecule has 1 saturated heterocycles. The lowest BCUT2D eigenvalue weighted by Crippen LogP contribution is -2.44. The first kappa shape index (κ1) is 15.6. The Morgan fingerprint density at radius 2 is 2.30 bits per heavy atom. The Bertz CT molecular complexity index is 442. The van der Waals surface area contributed by atoms with Gasteiger partial charge in [-0.05, 0) is 24.1 Å². The molecule has 0 spiro atoms. The van der Waals surface area contributed by atoms with E-state index in [0.29, 0.717) is 5.92 Å². The lowest BCUT2D eigenvalue weighted by atomic mass is 10.2. The van der Waals surface area contributed by atoms with Crippen molar-refractivity contribution in [1.29, 1.82) is 0 Å². The average Bonchev–Trinajstić information content (AvgIpc) is 2.40. The Hall–Kier alpha value is -0.780. The molecule has 0 saturated carbocycles. The molecule has 1 aliphatic heterocycles. The van der Waals surface area contributed by atoms with Gasteiger partial charge in [0.05, 0.1) is 18.4 Å². The Morgan fingerprint density at radius 1 is 1.50 bits per heavy atom. The molecule has 2 rings (SSSR count). The fraction of sp³-hybridized carbons (Fsp3) is 0.600. The second kappa shape index (κ2) is 7.29. The maximum Gasteiger partial charge on any atom is 0.147 e. The van der Waals surface area contributed by atoms with Crippen molar-refractivity contribution in [3.8, 4) is 0 Å². The third kappa shape index (κ3) is 4.65. The summed E-state index contributed by atoms with van der Waals surface area (Å²) < 4.78 is 19.2. The molecule has 0 bridgehead atoms. The van der Waals surface area contributed by atoms with Gasteiger partial charge in [-0.1, -0.05) is 13.8 Å². The van der Waals surface area contributed by atoms with E-state index in [2.05, 4.69) is 18.7 Å². The Kier molecular flexibility index (Phi) is 5.69. The minimum absolute atomic E-state index is 0.200. The van der Waals surface area contributed by atoms with Gasteiger partial charge in [-0.3, -0.25) is 4.90 Å². The monoisotopic (exact) mass is 298 g/mol. The molecule has 5 heteroatoms. The summed E-state index contributed by atoms with van der Waals surface area (Å²) in [7, 11) is 0. The van der Waals surface area contributed by atoms with E-state index in [9.17, 15) is 4.39 Å². The summed E-state index contributed by atoms with van der Waals surface area (Å²) in [6.07, 6.45) is 0.216. The summed E-state index contributed by atoms with van der Waals surface area (Å²) in [6, 6.07) is 4.97. The van der Waals surface area contributed by atoms with Crippen molar-refractivity contribution in [3.05, 3.63) is 24.0 Å². The van der Waals surface area contributed by atoms with Gasteiger partial charge < -0.3 is 10.5 Å². The highest BCUT2D eigenvalue weighted by Crippen LogP contribution is 2.24. The summed E-state index contributed by atoms with van der Waals surface area (Å²) in [5, 5.41) is 0. The predicted octanol–water partition coefficient (Wildman–Crippen LogP) is 2.86. The van der Waals surface area contributed by atoms with Crippen LogP contribution in [0.1, 0.15) is 13.8 Å². The minimum Gasteiger partial charge on any atom is -0.396 e. The standard InChI is InChI=1S/C15H23FN2OS/c1-11(2)8-18-5-6-19-12(9-18)10-20-13-3-4-15(17)14(16)7-13/h3-4,7,11-12H,5-6,8-10,17H2,1-2H3. The zero-order valence-corrected chi connectivity index (χ0v) is 13.0. The van der Waals surface area contributed by atoms with Gasteiger partial charge in [0.25, 0.3) is 0 Å². The topological polar surface area (TPSA) is 38.5 Å². The van der Waals surface area contributed by atoms with Gasteiger partial charge in [-0.15, -0.1) is 11.8 Å². The number of ether oxygens (including phenoxy) is 1. The molecule has 1 aromatic carbocycles. The number of halogens is 1. The molecule has 1 aromatic rings. The zero-order chi connectivity index (χ0) is 14.5. The van der Waals surface area contributed by atoms with Crippen LogP contribution < -0.4 is 5.73 Å². The summed E-state index contributed by atoms with van der Waals surface area (Å²) in [6.45, 7) is 8.33. The molecule has 0 amide bonds. The van der Waals surface area contributed by atoms with E-state index in [4.69, 9.17) is 10.5 Å². The first-order valence-electron chi connectivity index (χ1n) is 7.06. The number of morpholine rings is 1. The van der Waals surface area contributed by atoms with Crippen LogP contribution in [0.25, 0.3) is 0 Å². The van der Waals surface area contributed by atoms with Crippen LogP contribution in [0.3, 0.4) is 0 Å². The highest BCUT2D eigenvalue weighted by atomic mass is 32.2. The van der Waals surface area contributed by atoms with Crippen LogP contribution in [-0.4, -0.2) is 43.0 Å². The molecule has 0 radical (unpaired) electrons. The molecular formula is C15H23FN2OS. The number of hydrogen-bond donors (Lipinski definition) is 1. The minimum atomic E-state index is -0.346. The maximum atomic E-state index is 13.4. The summed E-state index contributed by atoms with van der Waals surface area (Å²) in [5.41, 5.74) is 5.68. The van der Waals surface area contributed by atoms with Crippen molar-refractivity contribution >= 4 is 17.4 Å². The molecule has 1 aliphatic rings. The Labute approximate surface area is 124 Å². The van der Waals surface area contributed by atoms with Gasteiger partial charge in [0.1, 0.15) is 5.82 Å². The fourth-order valence-electron chi connectivity index (χ4n) is 2.35. The van der Waals surface area contributed by atoms with Gasteiger partial charge in [0.15, 0.2) is 0 Å². The number of nitrogens with two attached hydrogens (primary N) is 1. The van der Waals surface area contributed by atoms with Crippen molar-refractivity contribution in [3.63, 3.8) is 0 Å². The molecule has 0 aromatic heterocycles. The molecule has 3 nitrogen and oxygen atoms in total.